The maximum absolute atomic E-state index is 12.4. The van der Waals surface area contributed by atoms with Crippen LogP contribution in [0.3, 0.4) is 0 Å². The van der Waals surface area contributed by atoms with Crippen molar-refractivity contribution >= 4 is 23.3 Å². The first kappa shape index (κ1) is 15.4. The molecular weight excluding hydrogens is 268 g/mol. The molecule has 1 aromatic carbocycles. The minimum absolute atomic E-state index is 0.192. The van der Waals surface area contributed by atoms with Gasteiger partial charge in [0.15, 0.2) is 0 Å². The molecule has 2 rings (SSSR count). The molecule has 0 radical (unpaired) electrons. The Balaban J connectivity index is 2.10. The molecule has 5 nitrogen and oxygen atoms in total. The van der Waals surface area contributed by atoms with Crippen LogP contribution in [0.4, 0.5) is 11.4 Å². The molecule has 1 aliphatic carbocycles. The van der Waals surface area contributed by atoms with E-state index in [4.69, 9.17) is 0 Å². The lowest BCUT2D eigenvalue weighted by Crippen LogP contribution is -2.30. The van der Waals surface area contributed by atoms with Gasteiger partial charge in [-0.15, -0.1) is 0 Å². The second-order valence-electron chi connectivity index (χ2n) is 6.06. The van der Waals surface area contributed by atoms with Crippen molar-refractivity contribution in [2.24, 2.45) is 17.8 Å². The fraction of sp³-hybridized carbons (Fsp3) is 0.500. The fourth-order valence-electron chi connectivity index (χ4n) is 2.95. The van der Waals surface area contributed by atoms with Gasteiger partial charge in [0.05, 0.1) is 11.8 Å². The van der Waals surface area contributed by atoms with Crippen molar-refractivity contribution in [3.8, 4) is 0 Å². The molecule has 1 saturated carbocycles. The lowest BCUT2D eigenvalue weighted by molar-refractivity contribution is -0.145. The lowest BCUT2D eigenvalue weighted by atomic mass is 9.95. The fourth-order valence-corrected chi connectivity index (χ4v) is 2.95. The molecule has 1 fully saturated rings. The maximum Gasteiger partial charge on any atom is 0.307 e. The molecule has 1 aliphatic rings. The van der Waals surface area contributed by atoms with E-state index in [9.17, 15) is 14.7 Å². The summed E-state index contributed by atoms with van der Waals surface area (Å²) < 4.78 is 0. The molecule has 0 aromatic heterocycles. The van der Waals surface area contributed by atoms with Crippen molar-refractivity contribution in [2.75, 3.05) is 24.3 Å². The van der Waals surface area contributed by atoms with Crippen LogP contribution in [0.15, 0.2) is 24.3 Å². The Kier molecular flexibility index (Phi) is 4.50. The van der Waals surface area contributed by atoms with Gasteiger partial charge in [0.25, 0.3) is 0 Å². The first-order valence-corrected chi connectivity index (χ1v) is 7.19. The predicted molar refractivity (Wildman–Crippen MR) is 82.4 cm³/mol. The average molecular weight is 290 g/mol. The summed E-state index contributed by atoms with van der Waals surface area (Å²) in [6.45, 7) is 2.00. The number of amides is 1. The van der Waals surface area contributed by atoms with E-state index in [1.807, 2.05) is 50.2 Å². The molecule has 0 spiro atoms. The van der Waals surface area contributed by atoms with Crippen molar-refractivity contribution in [1.29, 1.82) is 0 Å². The third-order valence-corrected chi connectivity index (χ3v) is 4.08. The highest BCUT2D eigenvalue weighted by atomic mass is 16.4. The van der Waals surface area contributed by atoms with E-state index < -0.39 is 17.8 Å². The first-order valence-electron chi connectivity index (χ1n) is 7.19. The molecular formula is C16H22N2O3. The van der Waals surface area contributed by atoms with Crippen LogP contribution < -0.4 is 10.2 Å². The van der Waals surface area contributed by atoms with E-state index in [0.717, 1.165) is 5.69 Å². The Morgan fingerprint density at radius 2 is 1.90 bits per heavy atom. The number of aliphatic carboxylic acids is 1. The highest BCUT2D eigenvalue weighted by Gasteiger charge is 2.41. The summed E-state index contributed by atoms with van der Waals surface area (Å²) in [5, 5.41) is 12.1. The van der Waals surface area contributed by atoms with Crippen LogP contribution >= 0.6 is 0 Å². The number of nitrogens with zero attached hydrogens (tertiary/aromatic N) is 1. The number of hydrogen-bond donors (Lipinski definition) is 2. The summed E-state index contributed by atoms with van der Waals surface area (Å²) in [6.07, 6.45) is 1.21. The Bertz CT molecular complexity index is 542. The van der Waals surface area contributed by atoms with Crippen LogP contribution in [0.2, 0.25) is 0 Å². The molecule has 0 aliphatic heterocycles. The highest BCUT2D eigenvalue weighted by Crippen LogP contribution is 2.37. The zero-order chi connectivity index (χ0) is 15.6. The molecule has 1 unspecified atom stereocenters. The zero-order valence-electron chi connectivity index (χ0n) is 12.7. The van der Waals surface area contributed by atoms with Gasteiger partial charge in [0.2, 0.25) is 5.91 Å². The Morgan fingerprint density at radius 1 is 1.24 bits per heavy atom. The third-order valence-electron chi connectivity index (χ3n) is 4.08. The highest BCUT2D eigenvalue weighted by molar-refractivity contribution is 5.95. The van der Waals surface area contributed by atoms with E-state index in [1.165, 1.54) is 0 Å². The first-order chi connectivity index (χ1) is 9.88. The number of rotatable bonds is 4. The van der Waals surface area contributed by atoms with E-state index >= 15 is 0 Å². The standard InChI is InChI=1S/C16H22N2O3/c1-10-7-13(14(8-10)16(20)21)15(19)17-11-5-4-6-12(9-11)18(2)3/h4-6,9-10,13-14H,7-8H2,1-3H3,(H,17,19)(H,20,21)/t10?,13-,14+/m0/s1. The third kappa shape index (κ3) is 3.54. The smallest absolute Gasteiger partial charge is 0.307 e. The quantitative estimate of drug-likeness (QED) is 0.893. The number of anilines is 2. The molecule has 21 heavy (non-hydrogen) atoms. The SMILES string of the molecule is CC1C[C@H](C(=O)Nc2cccc(N(C)C)c2)[C@H](C(=O)O)C1. The van der Waals surface area contributed by atoms with E-state index in [2.05, 4.69) is 5.32 Å². The summed E-state index contributed by atoms with van der Waals surface area (Å²) in [5.41, 5.74) is 1.69. The Labute approximate surface area is 125 Å². The molecule has 1 aromatic rings. The van der Waals surface area contributed by atoms with Crippen molar-refractivity contribution in [1.82, 2.24) is 0 Å². The molecule has 0 saturated heterocycles. The number of nitrogens with one attached hydrogen (secondary N) is 1. The van der Waals surface area contributed by atoms with E-state index in [-0.39, 0.29) is 11.8 Å². The number of carbonyl (C=O) groups is 2. The van der Waals surface area contributed by atoms with Gasteiger partial charge in [-0.1, -0.05) is 13.0 Å². The Morgan fingerprint density at radius 3 is 2.52 bits per heavy atom. The number of carboxylic acid groups (broad SMARTS) is 1. The van der Waals surface area contributed by atoms with E-state index in [1.54, 1.807) is 0 Å². The van der Waals surface area contributed by atoms with Gasteiger partial charge in [-0.3, -0.25) is 9.59 Å². The molecule has 3 atom stereocenters. The largest absolute Gasteiger partial charge is 0.481 e. The molecule has 5 heteroatoms. The van der Waals surface area contributed by atoms with Crippen LogP contribution in [-0.4, -0.2) is 31.1 Å². The van der Waals surface area contributed by atoms with Gasteiger partial charge in [0.1, 0.15) is 0 Å². The van der Waals surface area contributed by atoms with Crippen molar-refractivity contribution in [2.45, 2.75) is 19.8 Å². The minimum atomic E-state index is -0.874. The Hall–Kier alpha value is -2.04. The van der Waals surface area contributed by atoms with E-state index in [0.29, 0.717) is 18.5 Å². The molecule has 0 bridgehead atoms. The summed E-state index contributed by atoms with van der Waals surface area (Å²) in [6, 6.07) is 7.52. The summed E-state index contributed by atoms with van der Waals surface area (Å²) in [5.74, 6) is -1.81. The van der Waals surface area contributed by atoms with Gasteiger partial charge in [-0.2, -0.15) is 0 Å². The van der Waals surface area contributed by atoms with Gasteiger partial charge in [0, 0.05) is 25.5 Å². The monoisotopic (exact) mass is 290 g/mol. The predicted octanol–water partition coefficient (Wildman–Crippen LogP) is 2.44. The van der Waals surface area contributed by atoms with Crippen LogP contribution in [0.1, 0.15) is 19.8 Å². The summed E-state index contributed by atoms with van der Waals surface area (Å²) >= 11 is 0. The molecule has 2 N–H and O–H groups in total. The van der Waals surface area contributed by atoms with Crippen molar-refractivity contribution in [3.63, 3.8) is 0 Å². The van der Waals surface area contributed by atoms with Gasteiger partial charge >= 0.3 is 5.97 Å². The van der Waals surface area contributed by atoms with Crippen LogP contribution in [0.25, 0.3) is 0 Å². The minimum Gasteiger partial charge on any atom is -0.481 e. The number of hydrogen-bond acceptors (Lipinski definition) is 3. The maximum atomic E-state index is 12.4. The molecule has 1 amide bonds. The topological polar surface area (TPSA) is 69.6 Å². The second kappa shape index (κ2) is 6.16. The summed E-state index contributed by atoms with van der Waals surface area (Å²) in [7, 11) is 3.86. The van der Waals surface area contributed by atoms with Gasteiger partial charge in [-0.05, 0) is 37.0 Å². The average Bonchev–Trinajstić information content (AvgIpc) is 2.81. The lowest BCUT2D eigenvalue weighted by Gasteiger charge is -2.17. The van der Waals surface area contributed by atoms with Crippen LogP contribution in [0.5, 0.6) is 0 Å². The van der Waals surface area contributed by atoms with Crippen molar-refractivity contribution < 1.29 is 14.7 Å². The van der Waals surface area contributed by atoms with Crippen LogP contribution in [-0.2, 0) is 9.59 Å². The summed E-state index contributed by atoms with van der Waals surface area (Å²) in [4.78, 5) is 25.6. The zero-order valence-corrected chi connectivity index (χ0v) is 12.7. The number of carboxylic acids is 1. The van der Waals surface area contributed by atoms with Crippen molar-refractivity contribution in [3.05, 3.63) is 24.3 Å². The second-order valence-corrected chi connectivity index (χ2v) is 6.06. The number of carbonyl (C=O) groups excluding carboxylic acids is 1. The normalized spacial score (nSPS) is 24.6. The molecule has 114 valence electrons. The van der Waals surface area contributed by atoms with Crippen LogP contribution in [0, 0.1) is 17.8 Å². The molecule has 0 heterocycles. The number of benzene rings is 1. The van der Waals surface area contributed by atoms with Gasteiger partial charge in [-0.25, -0.2) is 0 Å². The van der Waals surface area contributed by atoms with Gasteiger partial charge < -0.3 is 15.3 Å².